The molecule has 1 fully saturated rings. The fourth-order valence-corrected chi connectivity index (χ4v) is 3.48. The van der Waals surface area contributed by atoms with E-state index >= 15 is 0 Å². The van der Waals surface area contributed by atoms with Crippen molar-refractivity contribution >= 4 is 23.2 Å². The number of amides is 2. The quantitative estimate of drug-likeness (QED) is 0.701. The number of para-hydroxylation sites is 1. The molecule has 1 aliphatic heterocycles. The summed E-state index contributed by atoms with van der Waals surface area (Å²) in [6.45, 7) is 3.32. The highest BCUT2D eigenvalue weighted by molar-refractivity contribution is 6.03. The minimum Gasteiger partial charge on any atom is -0.326 e. The maximum Gasteiger partial charge on any atom is 0.229 e. The molecule has 7 heteroatoms. The van der Waals surface area contributed by atoms with E-state index in [0.717, 1.165) is 29.9 Å². The highest BCUT2D eigenvalue weighted by Gasteiger charge is 2.35. The summed E-state index contributed by atoms with van der Waals surface area (Å²) in [5.41, 5.74) is 3.27. The Balaban J connectivity index is 1.39. The first kappa shape index (κ1) is 18.9. The lowest BCUT2D eigenvalue weighted by molar-refractivity contribution is -0.122. The van der Waals surface area contributed by atoms with Crippen LogP contribution in [-0.2, 0) is 16.1 Å². The van der Waals surface area contributed by atoms with Crippen molar-refractivity contribution in [3.8, 4) is 11.3 Å². The van der Waals surface area contributed by atoms with E-state index in [2.05, 4.69) is 22.6 Å². The number of aromatic nitrogens is 3. The number of carbonyl (C=O) groups is 2. The Bertz CT molecular complexity index is 998. The number of rotatable bonds is 6. The SMILES string of the molecule is CCCn1cc(-c2ccc(NC(=O)C3CC(=O)N(c4ccccc4)C3)cc2)nn1. The van der Waals surface area contributed by atoms with Gasteiger partial charge in [0.15, 0.2) is 0 Å². The Hall–Kier alpha value is -3.48. The van der Waals surface area contributed by atoms with Crippen molar-refractivity contribution in [3.63, 3.8) is 0 Å². The molecule has 1 unspecified atom stereocenters. The number of nitrogens with one attached hydrogen (secondary N) is 1. The van der Waals surface area contributed by atoms with Gasteiger partial charge in [-0.05, 0) is 30.7 Å². The van der Waals surface area contributed by atoms with Gasteiger partial charge in [-0.1, -0.05) is 42.5 Å². The van der Waals surface area contributed by atoms with Crippen molar-refractivity contribution in [2.45, 2.75) is 26.3 Å². The van der Waals surface area contributed by atoms with Crippen LogP contribution in [-0.4, -0.2) is 33.4 Å². The van der Waals surface area contributed by atoms with Crippen LogP contribution in [0.1, 0.15) is 19.8 Å². The molecule has 1 atom stereocenters. The van der Waals surface area contributed by atoms with Crippen molar-refractivity contribution in [1.29, 1.82) is 0 Å². The van der Waals surface area contributed by atoms with Gasteiger partial charge in [-0.15, -0.1) is 5.10 Å². The minimum absolute atomic E-state index is 0.0261. The van der Waals surface area contributed by atoms with Crippen molar-refractivity contribution in [2.75, 3.05) is 16.8 Å². The topological polar surface area (TPSA) is 80.1 Å². The number of carbonyl (C=O) groups excluding carboxylic acids is 2. The van der Waals surface area contributed by atoms with Gasteiger partial charge >= 0.3 is 0 Å². The van der Waals surface area contributed by atoms with E-state index in [0.29, 0.717) is 12.2 Å². The summed E-state index contributed by atoms with van der Waals surface area (Å²) in [4.78, 5) is 26.6. The molecule has 4 rings (SSSR count). The molecule has 0 spiro atoms. The molecule has 2 heterocycles. The first-order chi connectivity index (χ1) is 14.1. The predicted molar refractivity (Wildman–Crippen MR) is 111 cm³/mol. The highest BCUT2D eigenvalue weighted by atomic mass is 16.2. The van der Waals surface area contributed by atoms with E-state index < -0.39 is 0 Å². The van der Waals surface area contributed by atoms with Crippen LogP contribution in [0.5, 0.6) is 0 Å². The van der Waals surface area contributed by atoms with E-state index in [1.165, 1.54) is 0 Å². The van der Waals surface area contributed by atoms with Gasteiger partial charge in [0.1, 0.15) is 5.69 Å². The molecule has 3 aromatic rings. The van der Waals surface area contributed by atoms with Gasteiger partial charge in [0, 0.05) is 36.4 Å². The average molecular weight is 389 g/mol. The molecule has 0 radical (unpaired) electrons. The Morgan fingerprint density at radius 3 is 2.62 bits per heavy atom. The van der Waals surface area contributed by atoms with Crippen molar-refractivity contribution in [1.82, 2.24) is 15.0 Å². The second-order valence-corrected chi connectivity index (χ2v) is 7.17. The van der Waals surface area contributed by atoms with Gasteiger partial charge in [0.2, 0.25) is 11.8 Å². The second kappa shape index (κ2) is 8.26. The van der Waals surface area contributed by atoms with E-state index in [-0.39, 0.29) is 24.2 Å². The molecule has 2 aromatic carbocycles. The number of anilines is 2. The zero-order valence-corrected chi connectivity index (χ0v) is 16.3. The van der Waals surface area contributed by atoms with Crippen LogP contribution in [0.25, 0.3) is 11.3 Å². The molecular weight excluding hydrogens is 366 g/mol. The molecule has 0 aliphatic carbocycles. The van der Waals surface area contributed by atoms with Crippen LogP contribution in [0.15, 0.2) is 60.8 Å². The smallest absolute Gasteiger partial charge is 0.229 e. The summed E-state index contributed by atoms with van der Waals surface area (Å²) in [7, 11) is 0. The predicted octanol–water partition coefficient (Wildman–Crippen LogP) is 3.35. The van der Waals surface area contributed by atoms with Crippen molar-refractivity contribution in [3.05, 3.63) is 60.8 Å². The summed E-state index contributed by atoms with van der Waals surface area (Å²) >= 11 is 0. The molecule has 7 nitrogen and oxygen atoms in total. The third kappa shape index (κ3) is 4.18. The molecule has 148 valence electrons. The van der Waals surface area contributed by atoms with Crippen molar-refractivity contribution < 1.29 is 9.59 Å². The normalized spacial score (nSPS) is 16.2. The van der Waals surface area contributed by atoms with Crippen LogP contribution >= 0.6 is 0 Å². The van der Waals surface area contributed by atoms with Crippen LogP contribution in [0.3, 0.4) is 0 Å². The summed E-state index contributed by atoms with van der Waals surface area (Å²) in [6.07, 6.45) is 3.14. The Morgan fingerprint density at radius 2 is 1.90 bits per heavy atom. The fraction of sp³-hybridized carbons (Fsp3) is 0.273. The van der Waals surface area contributed by atoms with Gasteiger partial charge in [-0.2, -0.15) is 0 Å². The molecule has 0 bridgehead atoms. The largest absolute Gasteiger partial charge is 0.326 e. The van der Waals surface area contributed by atoms with E-state index in [4.69, 9.17) is 0 Å². The van der Waals surface area contributed by atoms with Crippen LogP contribution < -0.4 is 10.2 Å². The molecule has 1 N–H and O–H groups in total. The lowest BCUT2D eigenvalue weighted by Crippen LogP contribution is -2.28. The van der Waals surface area contributed by atoms with Gasteiger partial charge < -0.3 is 10.2 Å². The Morgan fingerprint density at radius 1 is 1.14 bits per heavy atom. The second-order valence-electron chi connectivity index (χ2n) is 7.17. The zero-order valence-electron chi connectivity index (χ0n) is 16.3. The fourth-order valence-electron chi connectivity index (χ4n) is 3.48. The summed E-state index contributed by atoms with van der Waals surface area (Å²) < 4.78 is 1.82. The highest BCUT2D eigenvalue weighted by Crippen LogP contribution is 2.26. The van der Waals surface area contributed by atoms with Crippen LogP contribution in [0.2, 0.25) is 0 Å². The van der Waals surface area contributed by atoms with Gasteiger partial charge in [0.05, 0.1) is 12.1 Å². The lowest BCUT2D eigenvalue weighted by Gasteiger charge is -2.16. The third-order valence-corrected chi connectivity index (χ3v) is 5.00. The van der Waals surface area contributed by atoms with E-state index in [9.17, 15) is 9.59 Å². The molecule has 0 saturated carbocycles. The lowest BCUT2D eigenvalue weighted by atomic mass is 10.1. The molecule has 1 aromatic heterocycles. The molecule has 1 aliphatic rings. The number of aryl methyl sites for hydroxylation is 1. The monoisotopic (exact) mass is 389 g/mol. The maximum absolute atomic E-state index is 12.7. The first-order valence-electron chi connectivity index (χ1n) is 9.81. The summed E-state index contributed by atoms with van der Waals surface area (Å²) in [6, 6.07) is 17.0. The summed E-state index contributed by atoms with van der Waals surface area (Å²) in [5, 5.41) is 11.2. The standard InChI is InChI=1S/C22H23N5O2/c1-2-12-26-15-20(24-25-26)16-8-10-18(11-9-16)23-22(29)17-13-21(28)27(14-17)19-6-4-3-5-7-19/h3-11,15,17H,2,12-14H2,1H3,(H,23,29). The summed E-state index contributed by atoms with van der Waals surface area (Å²) in [5.74, 6) is -0.531. The third-order valence-electron chi connectivity index (χ3n) is 5.00. The minimum atomic E-state index is -0.365. The number of nitrogens with zero attached hydrogens (tertiary/aromatic N) is 4. The molecule has 29 heavy (non-hydrogen) atoms. The van der Waals surface area contributed by atoms with Crippen LogP contribution in [0.4, 0.5) is 11.4 Å². The van der Waals surface area contributed by atoms with Gasteiger partial charge in [0.25, 0.3) is 0 Å². The number of benzene rings is 2. The maximum atomic E-state index is 12.7. The van der Waals surface area contributed by atoms with Crippen molar-refractivity contribution in [2.24, 2.45) is 5.92 Å². The van der Waals surface area contributed by atoms with Gasteiger partial charge in [-0.25, -0.2) is 0 Å². The zero-order chi connectivity index (χ0) is 20.2. The van der Waals surface area contributed by atoms with E-state index in [1.54, 1.807) is 4.90 Å². The molecular formula is C22H23N5O2. The number of hydrogen-bond donors (Lipinski definition) is 1. The Kier molecular flexibility index (Phi) is 5.37. The molecule has 1 saturated heterocycles. The number of hydrogen-bond acceptors (Lipinski definition) is 4. The van der Waals surface area contributed by atoms with Gasteiger partial charge in [-0.3, -0.25) is 14.3 Å². The average Bonchev–Trinajstić information content (AvgIpc) is 3.36. The Labute approximate surface area is 169 Å². The van der Waals surface area contributed by atoms with Crippen LogP contribution in [0, 0.1) is 5.92 Å². The molecule has 2 amide bonds. The van der Waals surface area contributed by atoms with E-state index in [1.807, 2.05) is 65.5 Å². The first-order valence-corrected chi connectivity index (χ1v) is 9.81.